The highest BCUT2D eigenvalue weighted by atomic mass is 16.3. The van der Waals surface area contributed by atoms with Crippen molar-refractivity contribution in [3.63, 3.8) is 0 Å². The van der Waals surface area contributed by atoms with E-state index in [9.17, 15) is 9.90 Å². The summed E-state index contributed by atoms with van der Waals surface area (Å²) in [6.45, 7) is 5.67. The molecule has 0 saturated carbocycles. The lowest BCUT2D eigenvalue weighted by Crippen LogP contribution is -2.46. The molecule has 0 radical (unpaired) electrons. The van der Waals surface area contributed by atoms with Crippen LogP contribution in [-0.4, -0.2) is 72.7 Å². The Kier molecular flexibility index (Phi) is 5.36. The quantitative estimate of drug-likeness (QED) is 0.684. The molecular weight excluding hydrogens is 218 g/mol. The van der Waals surface area contributed by atoms with Gasteiger partial charge in [0.15, 0.2) is 0 Å². The predicted octanol–water partition coefficient (Wildman–Crippen LogP) is -0.492. The number of rotatable bonds is 5. The molecular formula is C12H25N3O2. The minimum absolute atomic E-state index is 0.0853. The summed E-state index contributed by atoms with van der Waals surface area (Å²) >= 11 is 0. The van der Waals surface area contributed by atoms with Crippen molar-refractivity contribution in [1.82, 2.24) is 15.1 Å². The minimum Gasteiger partial charge on any atom is -0.391 e. The van der Waals surface area contributed by atoms with Gasteiger partial charge in [0.2, 0.25) is 5.91 Å². The number of hydrogen-bond donors (Lipinski definition) is 2. The molecule has 0 aromatic rings. The molecule has 0 aromatic heterocycles. The van der Waals surface area contributed by atoms with Crippen molar-refractivity contribution in [3.8, 4) is 0 Å². The van der Waals surface area contributed by atoms with Gasteiger partial charge in [-0.3, -0.25) is 4.79 Å². The van der Waals surface area contributed by atoms with Crippen molar-refractivity contribution in [2.45, 2.75) is 38.5 Å². The Morgan fingerprint density at radius 2 is 2.18 bits per heavy atom. The first-order valence-electron chi connectivity index (χ1n) is 6.25. The Bertz CT molecular complexity index is 256. The van der Waals surface area contributed by atoms with Gasteiger partial charge in [-0.25, -0.2) is 0 Å². The molecule has 1 aliphatic heterocycles. The first kappa shape index (κ1) is 14.4. The Morgan fingerprint density at radius 3 is 2.71 bits per heavy atom. The Morgan fingerprint density at radius 1 is 1.53 bits per heavy atom. The first-order chi connectivity index (χ1) is 7.90. The highest BCUT2D eigenvalue weighted by Gasteiger charge is 2.34. The summed E-state index contributed by atoms with van der Waals surface area (Å²) in [6, 6.07) is 0.445. The van der Waals surface area contributed by atoms with Crippen LogP contribution in [0.5, 0.6) is 0 Å². The number of hydrogen-bond acceptors (Lipinski definition) is 4. The highest BCUT2D eigenvalue weighted by molar-refractivity contribution is 5.79. The fraction of sp³-hybridized carbons (Fsp3) is 0.917. The molecule has 2 atom stereocenters. The van der Waals surface area contributed by atoms with Gasteiger partial charge in [-0.05, 0) is 20.5 Å². The number of amides is 1. The number of likely N-dealkylation sites (N-methyl/N-ethyl adjacent to an activating group) is 1. The molecule has 1 saturated heterocycles. The number of aliphatic hydroxyl groups is 1. The van der Waals surface area contributed by atoms with Crippen molar-refractivity contribution in [3.05, 3.63) is 0 Å². The van der Waals surface area contributed by atoms with Crippen LogP contribution < -0.4 is 5.32 Å². The van der Waals surface area contributed by atoms with E-state index in [2.05, 4.69) is 10.2 Å². The van der Waals surface area contributed by atoms with Crippen LogP contribution in [0.15, 0.2) is 0 Å². The third-order valence-electron chi connectivity index (χ3n) is 2.95. The molecule has 0 aromatic carbocycles. The summed E-state index contributed by atoms with van der Waals surface area (Å²) in [4.78, 5) is 15.9. The van der Waals surface area contributed by atoms with Gasteiger partial charge >= 0.3 is 0 Å². The number of likely N-dealkylation sites (tertiary alicyclic amines) is 1. The summed E-state index contributed by atoms with van der Waals surface area (Å²) in [5.74, 6) is 0.0853. The Hall–Kier alpha value is -0.650. The van der Waals surface area contributed by atoms with Gasteiger partial charge in [-0.1, -0.05) is 13.8 Å². The van der Waals surface area contributed by atoms with Gasteiger partial charge in [-0.15, -0.1) is 0 Å². The zero-order valence-electron chi connectivity index (χ0n) is 11.3. The molecule has 5 nitrogen and oxygen atoms in total. The fourth-order valence-electron chi connectivity index (χ4n) is 2.18. The zero-order valence-corrected chi connectivity index (χ0v) is 11.3. The number of nitrogens with zero attached hydrogens (tertiary/aromatic N) is 2. The lowest BCUT2D eigenvalue weighted by atomic mass is 10.2. The Labute approximate surface area is 104 Å². The van der Waals surface area contributed by atoms with Crippen LogP contribution >= 0.6 is 0 Å². The summed E-state index contributed by atoms with van der Waals surface area (Å²) < 4.78 is 0. The monoisotopic (exact) mass is 243 g/mol. The largest absolute Gasteiger partial charge is 0.391 e. The summed E-state index contributed by atoms with van der Waals surface area (Å²) in [5.41, 5.74) is 0. The smallest absolute Gasteiger partial charge is 0.236 e. The number of nitrogens with one attached hydrogen (secondary N) is 1. The maximum absolute atomic E-state index is 12.0. The van der Waals surface area contributed by atoms with E-state index in [0.717, 1.165) is 6.54 Å². The number of aliphatic hydroxyl groups excluding tert-OH is 1. The van der Waals surface area contributed by atoms with E-state index in [-0.39, 0.29) is 18.1 Å². The molecule has 0 aliphatic carbocycles. The third kappa shape index (κ3) is 4.61. The average molecular weight is 243 g/mol. The van der Waals surface area contributed by atoms with Crippen LogP contribution in [0, 0.1) is 0 Å². The highest BCUT2D eigenvalue weighted by Crippen LogP contribution is 2.18. The second-order valence-corrected chi connectivity index (χ2v) is 5.39. The molecule has 2 unspecified atom stereocenters. The van der Waals surface area contributed by atoms with Crippen LogP contribution in [0.2, 0.25) is 0 Å². The number of carbonyl (C=O) groups excluding carboxylic acids is 1. The van der Waals surface area contributed by atoms with Crippen LogP contribution in [0.25, 0.3) is 0 Å². The van der Waals surface area contributed by atoms with E-state index in [1.807, 2.05) is 27.9 Å². The molecule has 1 rings (SSSR count). The lowest BCUT2D eigenvalue weighted by Gasteiger charge is -2.27. The molecule has 0 bridgehead atoms. The van der Waals surface area contributed by atoms with Crippen molar-refractivity contribution in [2.75, 3.05) is 33.7 Å². The summed E-state index contributed by atoms with van der Waals surface area (Å²) in [5, 5.41) is 12.8. The molecule has 2 N–H and O–H groups in total. The standard InChI is InChI=1S/C12H25N3O2/c1-9(2)13-6-12(17)15-8-11(16)5-10(15)7-14(3)4/h9-11,13,16H,5-8H2,1-4H3. The normalized spacial score (nSPS) is 25.0. The molecule has 17 heavy (non-hydrogen) atoms. The van der Waals surface area contributed by atoms with E-state index >= 15 is 0 Å². The minimum atomic E-state index is -0.372. The molecule has 1 aliphatic rings. The van der Waals surface area contributed by atoms with E-state index in [1.54, 1.807) is 4.90 Å². The van der Waals surface area contributed by atoms with Crippen molar-refractivity contribution < 1.29 is 9.90 Å². The van der Waals surface area contributed by atoms with Crippen molar-refractivity contribution in [2.24, 2.45) is 0 Å². The van der Waals surface area contributed by atoms with E-state index in [0.29, 0.717) is 25.6 Å². The molecule has 1 amide bonds. The van der Waals surface area contributed by atoms with Gasteiger partial charge in [0, 0.05) is 25.2 Å². The summed E-state index contributed by atoms with van der Waals surface area (Å²) in [7, 11) is 3.97. The summed E-state index contributed by atoms with van der Waals surface area (Å²) in [6.07, 6.45) is 0.314. The van der Waals surface area contributed by atoms with Crippen molar-refractivity contribution >= 4 is 5.91 Å². The molecule has 0 spiro atoms. The van der Waals surface area contributed by atoms with E-state index < -0.39 is 0 Å². The lowest BCUT2D eigenvalue weighted by molar-refractivity contribution is -0.131. The first-order valence-corrected chi connectivity index (χ1v) is 6.25. The second-order valence-electron chi connectivity index (χ2n) is 5.39. The van der Waals surface area contributed by atoms with Gasteiger partial charge < -0.3 is 20.2 Å². The van der Waals surface area contributed by atoms with Gasteiger partial charge in [0.1, 0.15) is 0 Å². The van der Waals surface area contributed by atoms with Gasteiger partial charge in [0.05, 0.1) is 12.6 Å². The zero-order chi connectivity index (χ0) is 13.0. The maximum Gasteiger partial charge on any atom is 0.236 e. The maximum atomic E-state index is 12.0. The number of β-amino-alcohol motifs (C(OH)–C–C–N with tert-alkyl or cyclic N) is 1. The molecule has 100 valence electrons. The fourth-order valence-corrected chi connectivity index (χ4v) is 2.18. The van der Waals surface area contributed by atoms with Gasteiger partial charge in [0.25, 0.3) is 0 Å². The SMILES string of the molecule is CC(C)NCC(=O)N1CC(O)CC1CN(C)C. The van der Waals surface area contributed by atoms with Gasteiger partial charge in [-0.2, -0.15) is 0 Å². The average Bonchev–Trinajstić information content (AvgIpc) is 2.54. The molecule has 1 heterocycles. The van der Waals surface area contributed by atoms with E-state index in [4.69, 9.17) is 0 Å². The van der Waals surface area contributed by atoms with Crippen molar-refractivity contribution in [1.29, 1.82) is 0 Å². The molecule has 1 fully saturated rings. The number of carbonyl (C=O) groups is 1. The second kappa shape index (κ2) is 6.33. The topological polar surface area (TPSA) is 55.8 Å². The predicted molar refractivity (Wildman–Crippen MR) is 67.8 cm³/mol. The Balaban J connectivity index is 2.51. The van der Waals surface area contributed by atoms with Crippen LogP contribution in [-0.2, 0) is 4.79 Å². The third-order valence-corrected chi connectivity index (χ3v) is 2.95. The van der Waals surface area contributed by atoms with E-state index in [1.165, 1.54) is 0 Å². The van der Waals surface area contributed by atoms with Crippen LogP contribution in [0.1, 0.15) is 20.3 Å². The van der Waals surface area contributed by atoms with Crippen LogP contribution in [0.3, 0.4) is 0 Å². The van der Waals surface area contributed by atoms with Crippen LogP contribution in [0.4, 0.5) is 0 Å². The molecule has 5 heteroatoms.